The number of benzene rings is 1. The predicted molar refractivity (Wildman–Crippen MR) is 92.1 cm³/mol. The molecule has 24 heavy (non-hydrogen) atoms. The molecule has 0 atom stereocenters. The van der Waals surface area contributed by atoms with E-state index in [1.54, 1.807) is 30.6 Å². The van der Waals surface area contributed by atoms with Crippen molar-refractivity contribution in [2.24, 2.45) is 0 Å². The number of anilines is 1. The van der Waals surface area contributed by atoms with Crippen LogP contribution in [0.2, 0.25) is 5.02 Å². The minimum absolute atomic E-state index is 0.0942. The number of hydrogen-bond acceptors (Lipinski definition) is 4. The highest BCUT2D eigenvalue weighted by molar-refractivity contribution is 6.32. The Morgan fingerprint density at radius 1 is 1.25 bits per heavy atom. The van der Waals surface area contributed by atoms with Gasteiger partial charge in [0.25, 0.3) is 0 Å². The van der Waals surface area contributed by atoms with Crippen LogP contribution in [0.1, 0.15) is 12.5 Å². The fourth-order valence-electron chi connectivity index (χ4n) is 2.11. The molecule has 0 saturated heterocycles. The van der Waals surface area contributed by atoms with Crippen molar-refractivity contribution in [1.82, 2.24) is 10.3 Å². The lowest BCUT2D eigenvalue weighted by molar-refractivity contribution is -0.123. The topological polar surface area (TPSA) is 71.5 Å². The van der Waals surface area contributed by atoms with Crippen LogP contribution < -0.4 is 15.0 Å². The van der Waals surface area contributed by atoms with Gasteiger partial charge in [-0.2, -0.15) is 0 Å². The third kappa shape index (κ3) is 4.70. The molecule has 0 aliphatic rings. The molecule has 2 amide bonds. The van der Waals surface area contributed by atoms with E-state index in [1.165, 1.54) is 18.9 Å². The number of carbonyl (C=O) groups is 2. The molecule has 0 fully saturated rings. The largest absolute Gasteiger partial charge is 0.495 e. The lowest BCUT2D eigenvalue weighted by Gasteiger charge is -2.21. The van der Waals surface area contributed by atoms with Gasteiger partial charge in [-0.15, -0.1) is 0 Å². The fraction of sp³-hybridized carbons (Fsp3) is 0.235. The smallest absolute Gasteiger partial charge is 0.240 e. The monoisotopic (exact) mass is 347 g/mol. The number of methoxy groups -OCH3 is 1. The van der Waals surface area contributed by atoms with Crippen molar-refractivity contribution in [2.45, 2.75) is 13.5 Å². The maximum absolute atomic E-state index is 12.1. The molecule has 1 N–H and O–H groups in total. The van der Waals surface area contributed by atoms with Crippen LogP contribution in [-0.2, 0) is 16.1 Å². The summed E-state index contributed by atoms with van der Waals surface area (Å²) in [6, 6.07) is 8.56. The number of amides is 2. The molecule has 0 aliphatic carbocycles. The number of rotatable bonds is 6. The first-order chi connectivity index (χ1) is 11.5. The van der Waals surface area contributed by atoms with Gasteiger partial charge in [-0.3, -0.25) is 14.6 Å². The molecule has 6 nitrogen and oxygen atoms in total. The number of nitrogens with one attached hydrogen (secondary N) is 1. The van der Waals surface area contributed by atoms with Crippen molar-refractivity contribution in [1.29, 1.82) is 0 Å². The average Bonchev–Trinajstić information content (AvgIpc) is 2.58. The van der Waals surface area contributed by atoms with E-state index in [0.29, 0.717) is 23.0 Å². The van der Waals surface area contributed by atoms with E-state index in [1.807, 2.05) is 12.1 Å². The summed E-state index contributed by atoms with van der Waals surface area (Å²) in [5.41, 5.74) is 1.47. The predicted octanol–water partition coefficient (Wildman–Crippen LogP) is 2.41. The molecular formula is C17H18ClN3O3. The zero-order valence-electron chi connectivity index (χ0n) is 13.5. The average molecular weight is 348 g/mol. The van der Waals surface area contributed by atoms with E-state index in [2.05, 4.69) is 10.3 Å². The van der Waals surface area contributed by atoms with Crippen LogP contribution in [0.15, 0.2) is 42.7 Å². The van der Waals surface area contributed by atoms with Crippen molar-refractivity contribution in [3.63, 3.8) is 0 Å². The van der Waals surface area contributed by atoms with Gasteiger partial charge in [0.15, 0.2) is 0 Å². The summed E-state index contributed by atoms with van der Waals surface area (Å²) in [4.78, 5) is 29.3. The Morgan fingerprint density at radius 2 is 1.96 bits per heavy atom. The number of hydrogen-bond donors (Lipinski definition) is 1. The maximum atomic E-state index is 12.1. The van der Waals surface area contributed by atoms with Crippen LogP contribution in [0.5, 0.6) is 5.75 Å². The second kappa shape index (κ2) is 8.31. The van der Waals surface area contributed by atoms with Gasteiger partial charge >= 0.3 is 0 Å². The molecule has 126 valence electrons. The number of pyridine rings is 1. The number of carbonyl (C=O) groups excluding carboxylic acids is 2. The van der Waals surface area contributed by atoms with E-state index in [-0.39, 0.29) is 18.4 Å². The van der Waals surface area contributed by atoms with E-state index in [0.717, 1.165) is 5.56 Å². The maximum Gasteiger partial charge on any atom is 0.240 e. The summed E-state index contributed by atoms with van der Waals surface area (Å²) < 4.78 is 5.09. The van der Waals surface area contributed by atoms with Crippen molar-refractivity contribution < 1.29 is 14.3 Å². The molecule has 0 aliphatic heterocycles. The lowest BCUT2D eigenvalue weighted by Crippen LogP contribution is -2.39. The Kier molecular flexibility index (Phi) is 6.14. The molecule has 0 unspecified atom stereocenters. The van der Waals surface area contributed by atoms with Crippen LogP contribution >= 0.6 is 11.6 Å². The Bertz CT molecular complexity index is 722. The van der Waals surface area contributed by atoms with Gasteiger partial charge < -0.3 is 15.0 Å². The van der Waals surface area contributed by atoms with Gasteiger partial charge in [-0.25, -0.2) is 0 Å². The minimum atomic E-state index is -0.269. The zero-order chi connectivity index (χ0) is 17.5. The summed E-state index contributed by atoms with van der Waals surface area (Å²) >= 11 is 6.09. The van der Waals surface area contributed by atoms with E-state index < -0.39 is 0 Å². The van der Waals surface area contributed by atoms with Crippen LogP contribution in [0, 0.1) is 0 Å². The molecule has 7 heteroatoms. The standard InChI is InChI=1S/C17H18ClN3O3/c1-12(22)21(14-3-4-16(24-2)15(18)9-14)11-17(23)20-10-13-5-7-19-8-6-13/h3-9H,10-11H2,1-2H3,(H,20,23). The molecule has 0 saturated carbocycles. The van der Waals surface area contributed by atoms with Crippen LogP contribution in [0.25, 0.3) is 0 Å². The summed E-state index contributed by atoms with van der Waals surface area (Å²) in [5, 5.41) is 3.15. The fourth-order valence-corrected chi connectivity index (χ4v) is 2.36. The first-order valence-electron chi connectivity index (χ1n) is 7.28. The zero-order valence-corrected chi connectivity index (χ0v) is 14.2. The highest BCUT2D eigenvalue weighted by Crippen LogP contribution is 2.29. The van der Waals surface area contributed by atoms with Gasteiger partial charge in [0.2, 0.25) is 11.8 Å². The Hall–Kier alpha value is -2.60. The van der Waals surface area contributed by atoms with E-state index in [9.17, 15) is 9.59 Å². The van der Waals surface area contributed by atoms with Gasteiger partial charge in [0.05, 0.1) is 12.1 Å². The molecule has 1 aromatic heterocycles. The van der Waals surface area contributed by atoms with Gasteiger partial charge in [-0.1, -0.05) is 11.6 Å². The molecule has 2 aromatic rings. The lowest BCUT2D eigenvalue weighted by atomic mass is 10.2. The van der Waals surface area contributed by atoms with Crippen LogP contribution in [-0.4, -0.2) is 30.5 Å². The van der Waals surface area contributed by atoms with Crippen molar-refractivity contribution in [3.8, 4) is 5.75 Å². The van der Waals surface area contributed by atoms with Crippen molar-refractivity contribution in [3.05, 3.63) is 53.3 Å². The molecule has 0 bridgehead atoms. The number of ether oxygens (including phenoxy) is 1. The number of nitrogens with zero attached hydrogens (tertiary/aromatic N) is 2. The Balaban J connectivity index is 2.04. The molecule has 0 spiro atoms. The number of halogens is 1. The highest BCUT2D eigenvalue weighted by atomic mass is 35.5. The quantitative estimate of drug-likeness (QED) is 0.871. The second-order valence-electron chi connectivity index (χ2n) is 5.06. The minimum Gasteiger partial charge on any atom is -0.495 e. The SMILES string of the molecule is COc1ccc(N(CC(=O)NCc2ccncc2)C(C)=O)cc1Cl. The second-order valence-corrected chi connectivity index (χ2v) is 5.46. The van der Waals surface area contributed by atoms with Crippen molar-refractivity contribution in [2.75, 3.05) is 18.6 Å². The van der Waals surface area contributed by atoms with E-state index in [4.69, 9.17) is 16.3 Å². The molecular weight excluding hydrogens is 330 g/mol. The van der Waals surface area contributed by atoms with E-state index >= 15 is 0 Å². The van der Waals surface area contributed by atoms with Gasteiger partial charge in [0, 0.05) is 31.5 Å². The van der Waals surface area contributed by atoms with Crippen LogP contribution in [0.3, 0.4) is 0 Å². The normalized spacial score (nSPS) is 10.1. The first-order valence-corrected chi connectivity index (χ1v) is 7.66. The summed E-state index contributed by atoms with van der Waals surface area (Å²) in [7, 11) is 1.51. The van der Waals surface area contributed by atoms with Crippen molar-refractivity contribution >= 4 is 29.1 Å². The Morgan fingerprint density at radius 3 is 2.54 bits per heavy atom. The summed E-state index contributed by atoms with van der Waals surface area (Å²) in [5.74, 6) is -0.0182. The first kappa shape index (κ1) is 17.7. The molecule has 0 radical (unpaired) electrons. The van der Waals surface area contributed by atoms with Crippen LogP contribution in [0.4, 0.5) is 5.69 Å². The summed E-state index contributed by atoms with van der Waals surface area (Å²) in [6.07, 6.45) is 3.31. The third-order valence-electron chi connectivity index (χ3n) is 3.37. The highest BCUT2D eigenvalue weighted by Gasteiger charge is 2.17. The van der Waals surface area contributed by atoms with Gasteiger partial charge in [0.1, 0.15) is 12.3 Å². The molecule has 1 heterocycles. The molecule has 2 rings (SSSR count). The Labute approximate surface area is 145 Å². The number of aromatic nitrogens is 1. The third-order valence-corrected chi connectivity index (χ3v) is 3.66. The van der Waals surface area contributed by atoms with Gasteiger partial charge in [-0.05, 0) is 35.9 Å². The summed E-state index contributed by atoms with van der Waals surface area (Å²) in [6.45, 7) is 1.67. The molecule has 1 aromatic carbocycles.